The number of rotatable bonds is 2. The van der Waals surface area contributed by atoms with Crippen LogP contribution >= 0.6 is 11.8 Å². The molecule has 2 fully saturated rings. The monoisotopic (exact) mass is 355 g/mol. The van der Waals surface area contributed by atoms with Crippen molar-refractivity contribution in [3.63, 3.8) is 0 Å². The number of likely N-dealkylation sites (tertiary alicyclic amines) is 1. The Kier molecular flexibility index (Phi) is 4.17. The predicted octanol–water partition coefficient (Wildman–Crippen LogP) is 2.53. The number of pyridine rings is 1. The molecule has 1 aromatic heterocycles. The van der Waals surface area contributed by atoms with Gasteiger partial charge in [0.1, 0.15) is 5.69 Å². The fourth-order valence-electron chi connectivity index (χ4n) is 3.39. The van der Waals surface area contributed by atoms with Crippen LogP contribution in [-0.4, -0.2) is 56.7 Å². The van der Waals surface area contributed by atoms with E-state index in [9.17, 15) is 14.4 Å². The number of para-hydroxylation sites is 1. The first-order chi connectivity index (χ1) is 12.1. The number of thioether (sulfide) groups is 1. The van der Waals surface area contributed by atoms with Gasteiger partial charge in [0.15, 0.2) is 0 Å². The second-order valence-electron chi connectivity index (χ2n) is 6.23. The van der Waals surface area contributed by atoms with E-state index in [0.717, 1.165) is 22.7 Å². The van der Waals surface area contributed by atoms with Gasteiger partial charge in [-0.05, 0) is 25.0 Å². The van der Waals surface area contributed by atoms with Crippen LogP contribution in [0.5, 0.6) is 0 Å². The average molecular weight is 355 g/mol. The second-order valence-corrected chi connectivity index (χ2v) is 7.16. The van der Waals surface area contributed by atoms with E-state index in [4.69, 9.17) is 0 Å². The Bertz CT molecular complexity index is 846. The maximum atomic E-state index is 12.7. The molecule has 7 heteroatoms. The van der Waals surface area contributed by atoms with Gasteiger partial charge in [0, 0.05) is 24.5 Å². The van der Waals surface area contributed by atoms with Crippen molar-refractivity contribution >= 4 is 39.7 Å². The minimum Gasteiger partial charge on any atom is -0.337 e. The van der Waals surface area contributed by atoms with Gasteiger partial charge in [-0.3, -0.25) is 19.3 Å². The van der Waals surface area contributed by atoms with Crippen LogP contribution in [-0.2, 0) is 4.79 Å². The predicted molar refractivity (Wildman–Crippen MR) is 95.4 cm³/mol. The highest BCUT2D eigenvalue weighted by Crippen LogP contribution is 2.27. The topological polar surface area (TPSA) is 70.6 Å². The van der Waals surface area contributed by atoms with Gasteiger partial charge in [0.25, 0.3) is 11.1 Å². The summed E-state index contributed by atoms with van der Waals surface area (Å²) < 4.78 is 0. The van der Waals surface area contributed by atoms with Crippen molar-refractivity contribution in [2.75, 3.05) is 18.8 Å². The van der Waals surface area contributed by atoms with Crippen molar-refractivity contribution < 1.29 is 14.4 Å². The number of amides is 3. The largest absolute Gasteiger partial charge is 0.337 e. The third kappa shape index (κ3) is 3.00. The smallest absolute Gasteiger partial charge is 0.289 e. The molecule has 6 nitrogen and oxygen atoms in total. The molecule has 0 bridgehead atoms. The minimum absolute atomic E-state index is 0.0939. The standard InChI is InChI=1S/C18H17N3O3S/c22-16-11-25-18(24)21(16)13-7-9-20(10-8-13)17(23)15-6-5-12-3-1-2-4-14(12)19-15/h1-6,13H,7-11H2. The van der Waals surface area contributed by atoms with E-state index in [1.165, 1.54) is 4.90 Å². The van der Waals surface area contributed by atoms with Crippen LogP contribution in [0.2, 0.25) is 0 Å². The molecule has 0 spiro atoms. The Morgan fingerprint density at radius 2 is 1.84 bits per heavy atom. The van der Waals surface area contributed by atoms with Gasteiger partial charge in [-0.25, -0.2) is 4.98 Å². The molecule has 2 aromatic rings. The van der Waals surface area contributed by atoms with E-state index >= 15 is 0 Å². The lowest BCUT2D eigenvalue weighted by Crippen LogP contribution is -2.48. The zero-order valence-electron chi connectivity index (χ0n) is 13.6. The van der Waals surface area contributed by atoms with Crippen molar-refractivity contribution in [3.05, 3.63) is 42.1 Å². The molecule has 2 aliphatic rings. The van der Waals surface area contributed by atoms with Crippen molar-refractivity contribution in [1.82, 2.24) is 14.8 Å². The molecule has 0 saturated carbocycles. The van der Waals surface area contributed by atoms with Gasteiger partial charge in [0.2, 0.25) is 5.91 Å². The molecule has 1 aromatic carbocycles. The van der Waals surface area contributed by atoms with E-state index < -0.39 is 0 Å². The molecule has 0 unspecified atom stereocenters. The lowest BCUT2D eigenvalue weighted by atomic mass is 10.0. The number of benzene rings is 1. The first-order valence-corrected chi connectivity index (χ1v) is 9.26. The Labute approximate surface area is 149 Å². The number of carbonyl (C=O) groups is 3. The minimum atomic E-state index is -0.161. The van der Waals surface area contributed by atoms with E-state index in [2.05, 4.69) is 4.98 Å². The summed E-state index contributed by atoms with van der Waals surface area (Å²) in [6.45, 7) is 1.06. The lowest BCUT2D eigenvalue weighted by molar-refractivity contribution is -0.126. The number of nitrogens with zero attached hydrogens (tertiary/aromatic N) is 3. The number of fused-ring (bicyclic) bond motifs is 1. The third-order valence-electron chi connectivity index (χ3n) is 4.72. The second kappa shape index (κ2) is 6.48. The molecule has 0 N–H and O–H groups in total. The zero-order chi connectivity index (χ0) is 17.4. The molecule has 0 atom stereocenters. The molecule has 3 heterocycles. The van der Waals surface area contributed by atoms with Crippen LogP contribution < -0.4 is 0 Å². The zero-order valence-corrected chi connectivity index (χ0v) is 14.4. The fourth-order valence-corrected chi connectivity index (χ4v) is 4.17. The normalized spacial score (nSPS) is 19.0. The van der Waals surface area contributed by atoms with Crippen LogP contribution in [0.15, 0.2) is 36.4 Å². The van der Waals surface area contributed by atoms with Gasteiger partial charge in [-0.2, -0.15) is 0 Å². The highest BCUT2D eigenvalue weighted by atomic mass is 32.2. The molecule has 0 aliphatic carbocycles. The first-order valence-electron chi connectivity index (χ1n) is 8.27. The summed E-state index contributed by atoms with van der Waals surface area (Å²) in [6, 6.07) is 11.3. The SMILES string of the molecule is O=C(c1ccc2ccccc2n1)N1CCC(N2C(=O)CSC2=O)CC1. The first kappa shape index (κ1) is 16.1. The van der Waals surface area contributed by atoms with E-state index in [0.29, 0.717) is 31.6 Å². The van der Waals surface area contributed by atoms with Gasteiger partial charge >= 0.3 is 0 Å². The molecule has 0 radical (unpaired) electrons. The highest BCUT2D eigenvalue weighted by molar-refractivity contribution is 8.14. The number of imide groups is 1. The maximum absolute atomic E-state index is 12.7. The summed E-state index contributed by atoms with van der Waals surface area (Å²) in [5.41, 5.74) is 1.23. The Morgan fingerprint density at radius 3 is 2.56 bits per heavy atom. The summed E-state index contributed by atoms with van der Waals surface area (Å²) in [4.78, 5) is 44.0. The van der Waals surface area contributed by atoms with Crippen LogP contribution in [0.1, 0.15) is 23.3 Å². The Balaban J connectivity index is 1.45. The van der Waals surface area contributed by atoms with Crippen molar-refractivity contribution in [1.29, 1.82) is 0 Å². The number of carbonyl (C=O) groups excluding carboxylic acids is 3. The van der Waals surface area contributed by atoms with Crippen LogP contribution in [0.3, 0.4) is 0 Å². The van der Waals surface area contributed by atoms with Crippen LogP contribution in [0, 0.1) is 0 Å². The Morgan fingerprint density at radius 1 is 1.08 bits per heavy atom. The van der Waals surface area contributed by atoms with Crippen molar-refractivity contribution in [3.8, 4) is 0 Å². The van der Waals surface area contributed by atoms with Crippen LogP contribution in [0.25, 0.3) is 10.9 Å². The number of hydrogen-bond acceptors (Lipinski definition) is 5. The number of piperidine rings is 1. The summed E-state index contributed by atoms with van der Waals surface area (Å²) >= 11 is 1.06. The molecule has 128 valence electrons. The molecular formula is C18H17N3O3S. The molecule has 2 saturated heterocycles. The fraction of sp³-hybridized carbons (Fsp3) is 0.333. The quantitative estimate of drug-likeness (QED) is 0.828. The average Bonchev–Trinajstić information content (AvgIpc) is 2.99. The Hall–Kier alpha value is -2.41. The number of hydrogen-bond donors (Lipinski definition) is 0. The van der Waals surface area contributed by atoms with Gasteiger partial charge < -0.3 is 4.90 Å². The van der Waals surface area contributed by atoms with E-state index in [-0.39, 0.29) is 28.8 Å². The lowest BCUT2D eigenvalue weighted by Gasteiger charge is -2.35. The van der Waals surface area contributed by atoms with Crippen molar-refractivity contribution in [2.24, 2.45) is 0 Å². The summed E-state index contributed by atoms with van der Waals surface area (Å²) in [5.74, 6) is 0.0209. The molecule has 4 rings (SSSR count). The van der Waals surface area contributed by atoms with Crippen LogP contribution in [0.4, 0.5) is 4.79 Å². The van der Waals surface area contributed by atoms with E-state index in [1.807, 2.05) is 30.3 Å². The van der Waals surface area contributed by atoms with E-state index in [1.54, 1.807) is 11.0 Å². The summed E-state index contributed by atoms with van der Waals surface area (Å²) in [5, 5.41) is 0.840. The van der Waals surface area contributed by atoms with Gasteiger partial charge in [-0.1, -0.05) is 36.0 Å². The highest BCUT2D eigenvalue weighted by Gasteiger charge is 2.38. The van der Waals surface area contributed by atoms with Gasteiger partial charge in [0.05, 0.1) is 11.3 Å². The van der Waals surface area contributed by atoms with Crippen molar-refractivity contribution in [2.45, 2.75) is 18.9 Å². The summed E-state index contributed by atoms with van der Waals surface area (Å²) in [6.07, 6.45) is 1.24. The third-order valence-corrected chi connectivity index (χ3v) is 5.55. The summed E-state index contributed by atoms with van der Waals surface area (Å²) in [7, 11) is 0. The molecule has 2 aliphatic heterocycles. The molecule has 25 heavy (non-hydrogen) atoms. The molecule has 3 amide bonds. The maximum Gasteiger partial charge on any atom is 0.289 e. The van der Waals surface area contributed by atoms with Gasteiger partial charge in [-0.15, -0.1) is 0 Å². The number of aromatic nitrogens is 1. The molecular weight excluding hydrogens is 338 g/mol.